The monoisotopic (exact) mass is 424 g/mol. The number of anilines is 1. The predicted molar refractivity (Wildman–Crippen MR) is 108 cm³/mol. The van der Waals surface area contributed by atoms with E-state index in [0.29, 0.717) is 17.0 Å². The summed E-state index contributed by atoms with van der Waals surface area (Å²) in [6.45, 7) is -0.422. The van der Waals surface area contributed by atoms with Gasteiger partial charge in [0.2, 0.25) is 0 Å². The summed E-state index contributed by atoms with van der Waals surface area (Å²) < 4.78 is 8.68. The van der Waals surface area contributed by atoms with Gasteiger partial charge in [-0.05, 0) is 17.7 Å². The molecule has 0 radical (unpaired) electrons. The van der Waals surface area contributed by atoms with Crippen LogP contribution in [0.2, 0.25) is 0 Å². The summed E-state index contributed by atoms with van der Waals surface area (Å²) in [6.07, 6.45) is 4.00. The first-order valence-electron chi connectivity index (χ1n) is 9.61. The molecule has 0 aromatic carbocycles. The lowest BCUT2D eigenvalue weighted by Crippen LogP contribution is -2.33. The standard InChI is InChI=1S/C19H20N8O4/c1-20-16-13-17(26(9-22-13)18-15(30)14(29)12(8-28)31-18)25-19(24-16)27-7-11(6-23-27)10-2-4-21-5-3-10/h2-7,9,12,14-15,18,28-30H,8H2,1H3,(H,20,24,25)/t12-,14-,15-,18-/m1/s1. The summed E-state index contributed by atoms with van der Waals surface area (Å²) in [5.74, 6) is 0.747. The van der Waals surface area contributed by atoms with Crippen LogP contribution in [0.4, 0.5) is 5.82 Å². The van der Waals surface area contributed by atoms with Gasteiger partial charge in [0, 0.05) is 31.2 Å². The molecule has 5 rings (SSSR count). The normalized spacial score (nSPS) is 23.5. The molecule has 5 heterocycles. The molecule has 1 saturated heterocycles. The molecule has 1 aliphatic heterocycles. The van der Waals surface area contributed by atoms with Crippen molar-refractivity contribution in [2.45, 2.75) is 24.5 Å². The topological polar surface area (TPSA) is 156 Å². The molecule has 1 aliphatic rings. The molecule has 0 amide bonds. The fourth-order valence-electron chi connectivity index (χ4n) is 3.60. The maximum Gasteiger partial charge on any atom is 0.254 e. The fourth-order valence-corrected chi connectivity index (χ4v) is 3.60. The molecule has 0 unspecified atom stereocenters. The van der Waals surface area contributed by atoms with Crippen molar-refractivity contribution in [3.63, 3.8) is 0 Å². The molecule has 160 valence electrons. The second kappa shape index (κ2) is 7.67. The maximum atomic E-state index is 10.4. The minimum Gasteiger partial charge on any atom is -0.394 e. The quantitative estimate of drug-likeness (QED) is 0.336. The predicted octanol–water partition coefficient (Wildman–Crippen LogP) is -0.273. The third kappa shape index (κ3) is 3.21. The number of aliphatic hydroxyl groups is 3. The summed E-state index contributed by atoms with van der Waals surface area (Å²) in [5, 5.41) is 37.3. The number of aromatic nitrogens is 7. The smallest absolute Gasteiger partial charge is 0.254 e. The Kier molecular flexibility index (Phi) is 4.82. The zero-order valence-electron chi connectivity index (χ0n) is 16.4. The second-order valence-corrected chi connectivity index (χ2v) is 7.08. The van der Waals surface area contributed by atoms with E-state index in [9.17, 15) is 15.3 Å². The Labute approximate surface area is 175 Å². The van der Waals surface area contributed by atoms with Crippen molar-refractivity contribution in [3.05, 3.63) is 43.2 Å². The van der Waals surface area contributed by atoms with E-state index in [1.54, 1.807) is 31.8 Å². The Balaban J connectivity index is 1.58. The molecule has 4 aromatic rings. The van der Waals surface area contributed by atoms with Gasteiger partial charge in [-0.2, -0.15) is 15.1 Å². The summed E-state index contributed by atoms with van der Waals surface area (Å²) in [4.78, 5) is 17.4. The van der Waals surface area contributed by atoms with Gasteiger partial charge in [0.25, 0.3) is 5.95 Å². The van der Waals surface area contributed by atoms with Crippen LogP contribution in [0.1, 0.15) is 6.23 Å². The number of imidazole rings is 1. The van der Waals surface area contributed by atoms with Crippen LogP contribution >= 0.6 is 0 Å². The van der Waals surface area contributed by atoms with Gasteiger partial charge in [-0.1, -0.05) is 0 Å². The first kappa shape index (κ1) is 19.5. The maximum absolute atomic E-state index is 10.4. The molecule has 0 aliphatic carbocycles. The van der Waals surface area contributed by atoms with Crippen LogP contribution in [0, 0.1) is 0 Å². The lowest BCUT2D eigenvalue weighted by molar-refractivity contribution is -0.0511. The van der Waals surface area contributed by atoms with Crippen molar-refractivity contribution in [2.75, 3.05) is 19.0 Å². The van der Waals surface area contributed by atoms with Gasteiger partial charge in [0.1, 0.15) is 18.3 Å². The van der Waals surface area contributed by atoms with Crippen LogP contribution in [0.25, 0.3) is 28.2 Å². The van der Waals surface area contributed by atoms with E-state index in [1.807, 2.05) is 12.1 Å². The van der Waals surface area contributed by atoms with E-state index >= 15 is 0 Å². The molecule has 12 nitrogen and oxygen atoms in total. The number of nitrogens with one attached hydrogen (secondary N) is 1. The summed E-state index contributed by atoms with van der Waals surface area (Å²) in [5.41, 5.74) is 2.66. The van der Waals surface area contributed by atoms with Gasteiger partial charge in [-0.15, -0.1) is 0 Å². The average molecular weight is 424 g/mol. The minimum atomic E-state index is -1.26. The molecule has 4 aromatic heterocycles. The number of hydrogen-bond donors (Lipinski definition) is 4. The lowest BCUT2D eigenvalue weighted by atomic mass is 10.1. The molecule has 0 saturated carbocycles. The van der Waals surface area contributed by atoms with Crippen molar-refractivity contribution in [2.24, 2.45) is 0 Å². The Bertz CT molecular complexity index is 1210. The van der Waals surface area contributed by atoms with Gasteiger partial charge in [-0.3, -0.25) is 9.55 Å². The highest BCUT2D eigenvalue weighted by Gasteiger charge is 2.44. The van der Waals surface area contributed by atoms with Crippen LogP contribution in [-0.4, -0.2) is 81.6 Å². The highest BCUT2D eigenvalue weighted by Crippen LogP contribution is 2.32. The summed E-state index contributed by atoms with van der Waals surface area (Å²) in [6, 6.07) is 3.75. The van der Waals surface area contributed by atoms with Crippen molar-refractivity contribution >= 4 is 17.0 Å². The molecule has 31 heavy (non-hydrogen) atoms. The molecular weight excluding hydrogens is 404 g/mol. The molecule has 12 heteroatoms. The number of aliphatic hydroxyl groups excluding tert-OH is 3. The van der Waals surface area contributed by atoms with E-state index in [-0.39, 0.29) is 5.95 Å². The zero-order chi connectivity index (χ0) is 21.5. The van der Waals surface area contributed by atoms with Gasteiger partial charge >= 0.3 is 0 Å². The van der Waals surface area contributed by atoms with Crippen LogP contribution in [0.5, 0.6) is 0 Å². The second-order valence-electron chi connectivity index (χ2n) is 7.08. The van der Waals surface area contributed by atoms with Crippen molar-refractivity contribution < 1.29 is 20.1 Å². The third-order valence-corrected chi connectivity index (χ3v) is 5.24. The highest BCUT2D eigenvalue weighted by molar-refractivity contribution is 5.83. The number of rotatable bonds is 5. The Morgan fingerprint density at radius 1 is 1.13 bits per heavy atom. The summed E-state index contributed by atoms with van der Waals surface area (Å²) >= 11 is 0. The number of hydrogen-bond acceptors (Lipinski definition) is 10. The van der Waals surface area contributed by atoms with Crippen LogP contribution in [-0.2, 0) is 4.74 Å². The molecule has 0 spiro atoms. The van der Waals surface area contributed by atoms with E-state index in [1.165, 1.54) is 15.6 Å². The number of fused-ring (bicyclic) bond motifs is 1. The van der Waals surface area contributed by atoms with E-state index in [0.717, 1.165) is 11.1 Å². The first-order valence-corrected chi connectivity index (χ1v) is 9.61. The number of ether oxygens (including phenoxy) is 1. The number of pyridine rings is 1. The minimum absolute atomic E-state index is 0.283. The van der Waals surface area contributed by atoms with Gasteiger partial charge in [0.05, 0.1) is 19.1 Å². The third-order valence-electron chi connectivity index (χ3n) is 5.24. The van der Waals surface area contributed by atoms with Gasteiger partial charge < -0.3 is 25.4 Å². The van der Waals surface area contributed by atoms with Crippen LogP contribution < -0.4 is 5.32 Å². The fraction of sp³-hybridized carbons (Fsp3) is 0.316. The molecule has 0 bridgehead atoms. The molecular formula is C19H20N8O4. The average Bonchev–Trinajstić information content (AvgIpc) is 3.52. The zero-order valence-corrected chi connectivity index (χ0v) is 16.4. The van der Waals surface area contributed by atoms with Crippen LogP contribution in [0.3, 0.4) is 0 Å². The summed E-state index contributed by atoms with van der Waals surface area (Å²) in [7, 11) is 1.71. The van der Waals surface area contributed by atoms with Crippen molar-refractivity contribution in [1.82, 2.24) is 34.3 Å². The Morgan fingerprint density at radius 3 is 2.65 bits per heavy atom. The van der Waals surface area contributed by atoms with Crippen molar-refractivity contribution in [1.29, 1.82) is 0 Å². The number of nitrogens with zero attached hydrogens (tertiary/aromatic N) is 7. The Morgan fingerprint density at radius 2 is 1.94 bits per heavy atom. The van der Waals surface area contributed by atoms with E-state index < -0.39 is 31.1 Å². The van der Waals surface area contributed by atoms with Crippen LogP contribution in [0.15, 0.2) is 43.2 Å². The molecule has 1 fully saturated rings. The molecule has 4 N–H and O–H groups in total. The van der Waals surface area contributed by atoms with E-state index in [4.69, 9.17) is 4.74 Å². The van der Waals surface area contributed by atoms with Gasteiger partial charge in [-0.25, -0.2) is 9.67 Å². The SMILES string of the molecule is CNc1nc(-n2cc(-c3ccncc3)cn2)nc2c1ncn2[C@@H]1O[C@H](CO)[C@@H](O)[C@H]1O. The van der Waals surface area contributed by atoms with E-state index in [2.05, 4.69) is 30.4 Å². The first-order chi connectivity index (χ1) is 15.1. The van der Waals surface area contributed by atoms with Crippen molar-refractivity contribution in [3.8, 4) is 17.1 Å². The molecule has 4 atom stereocenters. The van der Waals surface area contributed by atoms with Gasteiger partial charge in [0.15, 0.2) is 23.2 Å². The Hall–Kier alpha value is -3.45. The lowest BCUT2D eigenvalue weighted by Gasteiger charge is -2.17. The highest BCUT2D eigenvalue weighted by atomic mass is 16.6. The largest absolute Gasteiger partial charge is 0.394 e.